The van der Waals surface area contributed by atoms with E-state index in [0.29, 0.717) is 5.25 Å². The van der Waals surface area contributed by atoms with Gasteiger partial charge in [0.2, 0.25) is 0 Å². The fraction of sp³-hybridized carbons (Fsp3) is 0.333. The number of hydrogen-bond donors (Lipinski definition) is 1. The smallest absolute Gasteiger partial charge is 0.0973 e. The van der Waals surface area contributed by atoms with Crippen molar-refractivity contribution in [1.82, 2.24) is 0 Å². The maximum absolute atomic E-state index is 5.78. The lowest BCUT2D eigenvalue weighted by Crippen LogP contribution is -2.23. The van der Waals surface area contributed by atoms with Crippen LogP contribution < -0.4 is 5.73 Å². The van der Waals surface area contributed by atoms with Crippen molar-refractivity contribution in [1.29, 1.82) is 0 Å². The molecule has 0 spiro atoms. The monoisotopic (exact) mass is 125 g/mol. The van der Waals surface area contributed by atoms with E-state index in [4.69, 9.17) is 5.73 Å². The van der Waals surface area contributed by atoms with Gasteiger partial charge >= 0.3 is 0 Å². The summed E-state index contributed by atoms with van der Waals surface area (Å²) >= 11 is 1.81. The third-order valence-electron chi connectivity index (χ3n) is 1.47. The standard InChI is InChI=1S/C6H7NS/c7-6-4-2-1-3-5(6)8-6/h1-5H,7H2. The Morgan fingerprint density at radius 3 is 2.88 bits per heavy atom. The molecule has 1 aliphatic carbocycles. The fourth-order valence-corrected chi connectivity index (χ4v) is 1.74. The van der Waals surface area contributed by atoms with E-state index in [2.05, 4.69) is 18.2 Å². The molecule has 1 fully saturated rings. The van der Waals surface area contributed by atoms with Gasteiger partial charge in [-0.05, 0) is 0 Å². The summed E-state index contributed by atoms with van der Waals surface area (Å²) < 4.78 is 0. The van der Waals surface area contributed by atoms with Crippen LogP contribution >= 0.6 is 11.8 Å². The molecule has 0 saturated carbocycles. The molecule has 2 rings (SSSR count). The Hall–Kier alpha value is -0.210. The van der Waals surface area contributed by atoms with Crippen molar-refractivity contribution < 1.29 is 0 Å². The van der Waals surface area contributed by atoms with Crippen LogP contribution in [0.25, 0.3) is 0 Å². The Morgan fingerprint density at radius 2 is 2.38 bits per heavy atom. The lowest BCUT2D eigenvalue weighted by molar-refractivity contribution is 0.873. The summed E-state index contributed by atoms with van der Waals surface area (Å²) in [6.45, 7) is 0. The molecule has 2 atom stereocenters. The topological polar surface area (TPSA) is 26.0 Å². The van der Waals surface area contributed by atoms with Gasteiger partial charge in [-0.15, -0.1) is 11.8 Å². The van der Waals surface area contributed by atoms with Gasteiger partial charge in [0.15, 0.2) is 0 Å². The Labute approximate surface area is 52.6 Å². The minimum absolute atomic E-state index is 0.00521. The highest BCUT2D eigenvalue weighted by atomic mass is 32.2. The largest absolute Gasteiger partial charge is 0.312 e. The first-order valence-electron chi connectivity index (χ1n) is 2.64. The Kier molecular flexibility index (Phi) is 0.696. The zero-order valence-electron chi connectivity index (χ0n) is 4.37. The SMILES string of the molecule is NC12C=CC=CC1S2. The minimum atomic E-state index is -0.00521. The first-order chi connectivity index (χ1) is 3.81. The summed E-state index contributed by atoms with van der Waals surface area (Å²) in [5.41, 5.74) is 5.78. The quantitative estimate of drug-likeness (QED) is 0.486. The zero-order valence-corrected chi connectivity index (χ0v) is 5.19. The first-order valence-corrected chi connectivity index (χ1v) is 3.52. The van der Waals surface area contributed by atoms with Crippen LogP contribution in [0.3, 0.4) is 0 Å². The van der Waals surface area contributed by atoms with E-state index in [1.54, 1.807) is 11.8 Å². The molecule has 2 aliphatic rings. The van der Waals surface area contributed by atoms with E-state index in [1.165, 1.54) is 0 Å². The Balaban J connectivity index is 2.33. The van der Waals surface area contributed by atoms with Gasteiger partial charge in [-0.2, -0.15) is 0 Å². The maximum Gasteiger partial charge on any atom is 0.0973 e. The zero-order chi connectivity index (χ0) is 5.61. The van der Waals surface area contributed by atoms with Crippen molar-refractivity contribution in [2.24, 2.45) is 5.73 Å². The summed E-state index contributed by atoms with van der Waals surface area (Å²) in [6.07, 6.45) is 8.26. The normalized spacial score (nSPS) is 48.9. The van der Waals surface area contributed by atoms with Crippen LogP contribution in [0.1, 0.15) is 0 Å². The van der Waals surface area contributed by atoms with Crippen molar-refractivity contribution in [3.05, 3.63) is 24.3 Å². The molecule has 1 saturated heterocycles. The molecule has 2 unspecified atom stereocenters. The molecule has 0 aromatic carbocycles. The van der Waals surface area contributed by atoms with E-state index < -0.39 is 0 Å². The fourth-order valence-electron chi connectivity index (χ4n) is 0.881. The maximum atomic E-state index is 5.78. The second kappa shape index (κ2) is 1.20. The van der Waals surface area contributed by atoms with Gasteiger partial charge in [0.05, 0.1) is 10.1 Å². The van der Waals surface area contributed by atoms with Crippen LogP contribution in [0.2, 0.25) is 0 Å². The number of nitrogens with two attached hydrogens (primary N) is 1. The number of allylic oxidation sites excluding steroid dienone is 2. The van der Waals surface area contributed by atoms with Gasteiger partial charge in [0, 0.05) is 0 Å². The molecule has 8 heavy (non-hydrogen) atoms. The summed E-state index contributed by atoms with van der Waals surface area (Å²) in [6, 6.07) is 0. The van der Waals surface area contributed by atoms with Crippen LogP contribution in [0.4, 0.5) is 0 Å². The van der Waals surface area contributed by atoms with Gasteiger partial charge < -0.3 is 5.73 Å². The van der Waals surface area contributed by atoms with Crippen molar-refractivity contribution >= 4 is 11.8 Å². The second-order valence-electron chi connectivity index (χ2n) is 2.14. The van der Waals surface area contributed by atoms with Gasteiger partial charge in [0.1, 0.15) is 0 Å². The second-order valence-corrected chi connectivity index (χ2v) is 3.59. The van der Waals surface area contributed by atoms with Crippen molar-refractivity contribution in [2.45, 2.75) is 10.1 Å². The Morgan fingerprint density at radius 1 is 1.50 bits per heavy atom. The predicted molar refractivity (Wildman–Crippen MR) is 36.6 cm³/mol. The summed E-state index contributed by atoms with van der Waals surface area (Å²) in [4.78, 5) is -0.00521. The number of fused-ring (bicyclic) bond motifs is 1. The molecule has 0 amide bonds. The minimum Gasteiger partial charge on any atom is -0.312 e. The van der Waals surface area contributed by atoms with Crippen molar-refractivity contribution in [3.63, 3.8) is 0 Å². The Bertz CT molecular complexity index is 173. The highest BCUT2D eigenvalue weighted by molar-refractivity contribution is 8.09. The van der Waals surface area contributed by atoms with E-state index in [9.17, 15) is 0 Å². The average molecular weight is 125 g/mol. The molecule has 1 aliphatic heterocycles. The van der Waals surface area contributed by atoms with E-state index >= 15 is 0 Å². The molecular weight excluding hydrogens is 118 g/mol. The van der Waals surface area contributed by atoms with Gasteiger partial charge in [-0.25, -0.2) is 0 Å². The lowest BCUT2D eigenvalue weighted by atomic mass is 10.1. The van der Waals surface area contributed by atoms with Crippen LogP contribution in [-0.2, 0) is 0 Å². The highest BCUT2D eigenvalue weighted by Gasteiger charge is 2.49. The number of thioether (sulfide) groups is 1. The molecule has 0 bridgehead atoms. The third-order valence-corrected chi connectivity index (χ3v) is 2.82. The third kappa shape index (κ3) is 0.471. The first kappa shape index (κ1) is 4.65. The van der Waals surface area contributed by atoms with E-state index in [-0.39, 0.29) is 4.87 Å². The van der Waals surface area contributed by atoms with Gasteiger partial charge in [-0.1, -0.05) is 24.3 Å². The van der Waals surface area contributed by atoms with E-state index in [1.807, 2.05) is 6.08 Å². The van der Waals surface area contributed by atoms with Gasteiger partial charge in [0.25, 0.3) is 0 Å². The summed E-state index contributed by atoms with van der Waals surface area (Å²) in [7, 11) is 0. The number of rotatable bonds is 0. The molecule has 0 aromatic rings. The van der Waals surface area contributed by atoms with Crippen LogP contribution in [-0.4, -0.2) is 10.1 Å². The van der Waals surface area contributed by atoms with Crippen LogP contribution in [0, 0.1) is 0 Å². The molecule has 0 radical (unpaired) electrons. The number of hydrogen-bond acceptors (Lipinski definition) is 2. The summed E-state index contributed by atoms with van der Waals surface area (Å²) in [5, 5.41) is 0.576. The molecule has 1 nitrogen and oxygen atoms in total. The summed E-state index contributed by atoms with van der Waals surface area (Å²) in [5.74, 6) is 0. The van der Waals surface area contributed by atoms with Crippen LogP contribution in [0.5, 0.6) is 0 Å². The van der Waals surface area contributed by atoms with E-state index in [0.717, 1.165) is 0 Å². The molecular formula is C6H7NS. The molecule has 2 N–H and O–H groups in total. The van der Waals surface area contributed by atoms with Crippen LogP contribution in [0.15, 0.2) is 24.3 Å². The molecule has 42 valence electrons. The predicted octanol–water partition coefficient (Wildman–Crippen LogP) is 0.883. The van der Waals surface area contributed by atoms with Crippen molar-refractivity contribution in [3.8, 4) is 0 Å². The molecule has 1 heterocycles. The molecule has 2 heteroatoms. The van der Waals surface area contributed by atoms with Crippen molar-refractivity contribution in [2.75, 3.05) is 0 Å². The average Bonchev–Trinajstić information content (AvgIpc) is 2.39. The molecule has 0 aromatic heterocycles. The highest BCUT2D eigenvalue weighted by Crippen LogP contribution is 2.52. The van der Waals surface area contributed by atoms with Gasteiger partial charge in [-0.3, -0.25) is 0 Å². The lowest BCUT2D eigenvalue weighted by Gasteiger charge is -2.00.